The largest absolute Gasteiger partial charge is 0.481 e. The number of benzene rings is 1. The van der Waals surface area contributed by atoms with Crippen molar-refractivity contribution in [1.29, 1.82) is 0 Å². The first-order chi connectivity index (χ1) is 9.22. The summed E-state index contributed by atoms with van der Waals surface area (Å²) in [5.74, 6) is -1.04. The molecule has 0 aromatic heterocycles. The van der Waals surface area contributed by atoms with Gasteiger partial charge in [0.25, 0.3) is 0 Å². The maximum atomic E-state index is 11.9. The number of carbonyl (C=O) groups is 1. The van der Waals surface area contributed by atoms with E-state index in [9.17, 15) is 13.2 Å². The predicted molar refractivity (Wildman–Crippen MR) is 78.2 cm³/mol. The molecule has 0 spiro atoms. The Balaban J connectivity index is 2.72. The third-order valence-corrected chi connectivity index (χ3v) is 4.18. The van der Waals surface area contributed by atoms with Gasteiger partial charge in [0.1, 0.15) is 0 Å². The Morgan fingerprint density at radius 3 is 2.20 bits per heavy atom. The van der Waals surface area contributed by atoms with Crippen molar-refractivity contribution in [2.24, 2.45) is 0 Å². The summed E-state index contributed by atoms with van der Waals surface area (Å²) in [5, 5.41) is 8.55. The van der Waals surface area contributed by atoms with E-state index in [0.717, 1.165) is 9.99 Å². The molecule has 0 aliphatic carbocycles. The molecular formula is C12H19N3O4S. The van der Waals surface area contributed by atoms with Gasteiger partial charge in [0.15, 0.2) is 0 Å². The van der Waals surface area contributed by atoms with Crippen LogP contribution in [0.15, 0.2) is 24.3 Å². The average Bonchev–Trinajstić information content (AvgIpc) is 2.35. The van der Waals surface area contributed by atoms with Crippen LogP contribution in [0.3, 0.4) is 0 Å². The van der Waals surface area contributed by atoms with Gasteiger partial charge in [-0.3, -0.25) is 9.52 Å². The summed E-state index contributed by atoms with van der Waals surface area (Å²) in [7, 11) is 1.37. The number of nitrogens with zero attached hydrogens (tertiary/aromatic N) is 2. The van der Waals surface area contributed by atoms with Crippen molar-refractivity contribution in [2.75, 3.05) is 37.3 Å². The fraction of sp³-hybridized carbons (Fsp3) is 0.417. The minimum absolute atomic E-state index is 0.0829. The molecule has 0 amide bonds. The summed E-state index contributed by atoms with van der Waals surface area (Å²) in [6.45, 7) is -0.0829. The lowest BCUT2D eigenvalue weighted by Gasteiger charge is -2.18. The Bertz CT molecular complexity index is 555. The van der Waals surface area contributed by atoms with Crippen molar-refractivity contribution in [1.82, 2.24) is 4.31 Å². The smallest absolute Gasteiger partial charge is 0.304 e. The Morgan fingerprint density at radius 1 is 1.20 bits per heavy atom. The summed E-state index contributed by atoms with van der Waals surface area (Å²) in [6, 6.07) is 6.88. The van der Waals surface area contributed by atoms with Gasteiger partial charge in [0.05, 0.1) is 6.42 Å². The van der Waals surface area contributed by atoms with Crippen LogP contribution in [-0.4, -0.2) is 51.5 Å². The lowest BCUT2D eigenvalue weighted by atomic mass is 10.3. The van der Waals surface area contributed by atoms with Crippen LogP contribution in [0.5, 0.6) is 0 Å². The molecule has 0 saturated carbocycles. The van der Waals surface area contributed by atoms with Gasteiger partial charge in [-0.2, -0.15) is 12.7 Å². The number of carboxylic acid groups (broad SMARTS) is 1. The number of carboxylic acids is 1. The van der Waals surface area contributed by atoms with Gasteiger partial charge in [-0.25, -0.2) is 0 Å². The molecular weight excluding hydrogens is 282 g/mol. The van der Waals surface area contributed by atoms with Crippen LogP contribution in [0.25, 0.3) is 0 Å². The Morgan fingerprint density at radius 2 is 1.75 bits per heavy atom. The van der Waals surface area contributed by atoms with Crippen molar-refractivity contribution >= 4 is 27.6 Å². The third kappa shape index (κ3) is 4.71. The summed E-state index contributed by atoms with van der Waals surface area (Å²) in [6.07, 6.45) is -0.239. The highest BCUT2D eigenvalue weighted by Crippen LogP contribution is 2.17. The quantitative estimate of drug-likeness (QED) is 0.778. The van der Waals surface area contributed by atoms with E-state index in [0.29, 0.717) is 5.69 Å². The van der Waals surface area contributed by atoms with Crippen LogP contribution in [0.4, 0.5) is 11.4 Å². The van der Waals surface area contributed by atoms with Crippen LogP contribution in [-0.2, 0) is 15.0 Å². The molecule has 1 aromatic rings. The summed E-state index contributed by atoms with van der Waals surface area (Å²) in [4.78, 5) is 12.3. The van der Waals surface area contributed by atoms with Crippen molar-refractivity contribution in [3.63, 3.8) is 0 Å². The zero-order valence-corrected chi connectivity index (χ0v) is 12.5. The highest BCUT2D eigenvalue weighted by Gasteiger charge is 2.18. The number of aliphatic carboxylic acids is 1. The minimum Gasteiger partial charge on any atom is -0.481 e. The maximum absolute atomic E-state index is 11.9. The average molecular weight is 301 g/mol. The third-order valence-electron chi connectivity index (χ3n) is 2.68. The SMILES string of the molecule is CN(C)c1ccc(NS(=O)(=O)N(C)CCC(=O)O)cc1. The first-order valence-electron chi connectivity index (χ1n) is 5.95. The molecule has 0 bridgehead atoms. The highest BCUT2D eigenvalue weighted by molar-refractivity contribution is 7.90. The van der Waals surface area contributed by atoms with E-state index in [-0.39, 0.29) is 13.0 Å². The topological polar surface area (TPSA) is 90.0 Å². The minimum atomic E-state index is -3.74. The van der Waals surface area contributed by atoms with Gasteiger partial charge < -0.3 is 10.0 Å². The number of anilines is 2. The lowest BCUT2D eigenvalue weighted by molar-refractivity contribution is -0.137. The number of rotatable bonds is 7. The van der Waals surface area contributed by atoms with Crippen molar-refractivity contribution in [3.8, 4) is 0 Å². The molecule has 1 rings (SSSR count). The van der Waals surface area contributed by atoms with E-state index < -0.39 is 16.2 Å². The zero-order chi connectivity index (χ0) is 15.3. The van der Waals surface area contributed by atoms with E-state index in [1.54, 1.807) is 24.3 Å². The lowest BCUT2D eigenvalue weighted by Crippen LogP contribution is -2.34. The van der Waals surface area contributed by atoms with E-state index in [1.165, 1.54) is 7.05 Å². The molecule has 112 valence electrons. The molecule has 0 heterocycles. The second-order valence-corrected chi connectivity index (χ2v) is 6.29. The fourth-order valence-corrected chi connectivity index (χ4v) is 2.35. The number of hydrogen-bond acceptors (Lipinski definition) is 4. The zero-order valence-electron chi connectivity index (χ0n) is 11.7. The molecule has 1 aromatic carbocycles. The molecule has 8 heteroatoms. The van der Waals surface area contributed by atoms with Crippen LogP contribution < -0.4 is 9.62 Å². The van der Waals surface area contributed by atoms with Crippen molar-refractivity contribution in [2.45, 2.75) is 6.42 Å². The van der Waals surface area contributed by atoms with E-state index >= 15 is 0 Å². The first kappa shape index (κ1) is 16.3. The molecule has 20 heavy (non-hydrogen) atoms. The van der Waals surface area contributed by atoms with Crippen LogP contribution in [0.1, 0.15) is 6.42 Å². The Hall–Kier alpha value is -1.80. The first-order valence-corrected chi connectivity index (χ1v) is 7.39. The van der Waals surface area contributed by atoms with E-state index in [4.69, 9.17) is 5.11 Å². The monoisotopic (exact) mass is 301 g/mol. The molecule has 2 N–H and O–H groups in total. The molecule has 0 atom stereocenters. The summed E-state index contributed by atoms with van der Waals surface area (Å²) >= 11 is 0. The number of nitrogens with one attached hydrogen (secondary N) is 1. The van der Waals surface area contributed by atoms with E-state index in [1.807, 2.05) is 19.0 Å². The molecule has 0 radical (unpaired) electrons. The van der Waals surface area contributed by atoms with Gasteiger partial charge in [0, 0.05) is 39.1 Å². The molecule has 7 nitrogen and oxygen atoms in total. The molecule has 0 aliphatic heterocycles. The predicted octanol–water partition coefficient (Wildman–Crippen LogP) is 0.816. The highest BCUT2D eigenvalue weighted by atomic mass is 32.2. The van der Waals surface area contributed by atoms with Crippen LogP contribution in [0, 0.1) is 0 Å². The van der Waals surface area contributed by atoms with Gasteiger partial charge in [0.2, 0.25) is 0 Å². The second kappa shape index (κ2) is 6.58. The van der Waals surface area contributed by atoms with Gasteiger partial charge in [-0.1, -0.05) is 0 Å². The normalized spacial score (nSPS) is 11.4. The maximum Gasteiger partial charge on any atom is 0.304 e. The van der Waals surface area contributed by atoms with Crippen LogP contribution >= 0.6 is 0 Å². The standard InChI is InChI=1S/C12H19N3O4S/c1-14(2)11-6-4-10(5-7-11)13-20(18,19)15(3)9-8-12(16)17/h4-7,13H,8-9H2,1-3H3,(H,16,17). The fourth-order valence-electron chi connectivity index (χ4n) is 1.43. The molecule has 0 aliphatic rings. The van der Waals surface area contributed by atoms with Crippen molar-refractivity contribution < 1.29 is 18.3 Å². The van der Waals surface area contributed by atoms with E-state index in [2.05, 4.69) is 4.72 Å². The number of hydrogen-bond donors (Lipinski definition) is 2. The molecule has 0 fully saturated rings. The van der Waals surface area contributed by atoms with Gasteiger partial charge in [-0.05, 0) is 24.3 Å². The van der Waals surface area contributed by atoms with Crippen molar-refractivity contribution in [3.05, 3.63) is 24.3 Å². The second-order valence-electron chi connectivity index (χ2n) is 4.51. The molecule has 0 saturated heterocycles. The van der Waals surface area contributed by atoms with Gasteiger partial charge in [-0.15, -0.1) is 0 Å². The van der Waals surface area contributed by atoms with Crippen LogP contribution in [0.2, 0.25) is 0 Å². The Labute approximate surface area is 119 Å². The molecule has 0 unspecified atom stereocenters. The van der Waals surface area contributed by atoms with Gasteiger partial charge >= 0.3 is 16.2 Å². The Kier molecular flexibility index (Phi) is 5.34. The summed E-state index contributed by atoms with van der Waals surface area (Å²) in [5.41, 5.74) is 1.38. The summed E-state index contributed by atoms with van der Waals surface area (Å²) < 4.78 is 27.3.